The number of carbonyl (C=O) groups excluding carboxylic acids is 1. The van der Waals surface area contributed by atoms with E-state index in [1.807, 2.05) is 0 Å². The third-order valence-electron chi connectivity index (χ3n) is 2.69. The Morgan fingerprint density at radius 1 is 1.26 bits per heavy atom. The zero-order chi connectivity index (χ0) is 14.1. The van der Waals surface area contributed by atoms with Crippen LogP contribution in [0.3, 0.4) is 0 Å². The summed E-state index contributed by atoms with van der Waals surface area (Å²) in [6.07, 6.45) is 1.04. The molecule has 0 heterocycles. The molecule has 0 aliphatic rings. The van der Waals surface area contributed by atoms with Crippen LogP contribution < -0.4 is 16.6 Å². The van der Waals surface area contributed by atoms with Crippen molar-refractivity contribution in [2.45, 2.75) is 20.3 Å². The summed E-state index contributed by atoms with van der Waals surface area (Å²) in [6.45, 7) is 6.12. The number of carbonyl (C=O) groups is 1. The van der Waals surface area contributed by atoms with E-state index in [0.717, 1.165) is 18.7 Å². The fraction of sp³-hybridized carbons (Fsp3) is 0.500. The molecule has 0 aromatic heterocycles. The number of amides is 1. The predicted octanol–water partition coefficient (Wildman–Crippen LogP) is 1.76. The summed E-state index contributed by atoms with van der Waals surface area (Å²) in [5.41, 5.74) is 3.90. The maximum atomic E-state index is 11.8. The Morgan fingerprint density at radius 2 is 1.95 bits per heavy atom. The van der Waals surface area contributed by atoms with Crippen molar-refractivity contribution < 1.29 is 9.53 Å². The number of rotatable bonds is 8. The highest BCUT2D eigenvalue weighted by molar-refractivity contribution is 5.94. The maximum Gasteiger partial charge on any atom is 0.251 e. The van der Waals surface area contributed by atoms with Gasteiger partial charge in [0.15, 0.2) is 0 Å². The zero-order valence-corrected chi connectivity index (χ0v) is 11.6. The summed E-state index contributed by atoms with van der Waals surface area (Å²) in [6, 6.07) is 6.97. The van der Waals surface area contributed by atoms with Gasteiger partial charge >= 0.3 is 0 Å². The van der Waals surface area contributed by atoms with E-state index in [4.69, 9.17) is 10.6 Å². The van der Waals surface area contributed by atoms with Crippen LogP contribution in [-0.4, -0.2) is 25.7 Å². The van der Waals surface area contributed by atoms with Crippen molar-refractivity contribution >= 4 is 11.6 Å². The van der Waals surface area contributed by atoms with Crippen LogP contribution >= 0.6 is 0 Å². The highest BCUT2D eigenvalue weighted by atomic mass is 16.5. The first-order valence-electron chi connectivity index (χ1n) is 6.56. The molecule has 0 aliphatic heterocycles. The molecule has 1 rings (SSSR count). The standard InChI is InChI=1S/C14H23N3O2/c1-11(2)7-9-19-10-8-16-14(18)12-3-5-13(17-15)6-4-12/h3-6,11,17H,7-10,15H2,1-2H3,(H,16,18). The van der Waals surface area contributed by atoms with Crippen molar-refractivity contribution in [2.24, 2.45) is 11.8 Å². The number of nitrogen functional groups attached to an aromatic ring is 1. The second kappa shape index (κ2) is 8.50. The number of ether oxygens (including phenoxy) is 1. The number of nitrogens with two attached hydrogens (primary N) is 1. The van der Waals surface area contributed by atoms with Crippen molar-refractivity contribution in [3.8, 4) is 0 Å². The maximum absolute atomic E-state index is 11.8. The fourth-order valence-electron chi connectivity index (χ4n) is 1.48. The molecule has 0 aliphatic carbocycles. The summed E-state index contributed by atoms with van der Waals surface area (Å²) in [7, 11) is 0. The number of anilines is 1. The minimum atomic E-state index is -0.101. The van der Waals surface area contributed by atoms with E-state index in [2.05, 4.69) is 24.6 Å². The van der Waals surface area contributed by atoms with E-state index in [1.54, 1.807) is 24.3 Å². The molecule has 0 atom stereocenters. The molecular weight excluding hydrogens is 242 g/mol. The molecule has 5 heteroatoms. The first-order valence-corrected chi connectivity index (χ1v) is 6.56. The normalized spacial score (nSPS) is 10.5. The average molecular weight is 265 g/mol. The lowest BCUT2D eigenvalue weighted by molar-refractivity contribution is 0.0906. The monoisotopic (exact) mass is 265 g/mol. The van der Waals surface area contributed by atoms with Gasteiger partial charge in [0, 0.05) is 24.4 Å². The lowest BCUT2D eigenvalue weighted by Gasteiger charge is -2.08. The number of hydrogen-bond acceptors (Lipinski definition) is 4. The van der Waals surface area contributed by atoms with Gasteiger partial charge in [0.2, 0.25) is 0 Å². The third-order valence-corrected chi connectivity index (χ3v) is 2.69. The quantitative estimate of drug-likeness (QED) is 0.380. The van der Waals surface area contributed by atoms with Crippen molar-refractivity contribution in [2.75, 3.05) is 25.2 Å². The van der Waals surface area contributed by atoms with E-state index < -0.39 is 0 Å². The molecule has 0 radical (unpaired) electrons. The Hall–Kier alpha value is -1.59. The largest absolute Gasteiger partial charge is 0.380 e. The van der Waals surface area contributed by atoms with Crippen LogP contribution in [0.15, 0.2) is 24.3 Å². The number of benzene rings is 1. The van der Waals surface area contributed by atoms with Gasteiger partial charge in [-0.25, -0.2) is 0 Å². The first kappa shape index (κ1) is 15.5. The van der Waals surface area contributed by atoms with Crippen LogP contribution in [0.2, 0.25) is 0 Å². The average Bonchev–Trinajstić information content (AvgIpc) is 2.42. The zero-order valence-electron chi connectivity index (χ0n) is 11.6. The van der Waals surface area contributed by atoms with Crippen LogP contribution in [-0.2, 0) is 4.74 Å². The van der Waals surface area contributed by atoms with Gasteiger partial charge in [-0.3, -0.25) is 10.6 Å². The van der Waals surface area contributed by atoms with Gasteiger partial charge < -0.3 is 15.5 Å². The molecule has 1 aromatic carbocycles. The van der Waals surface area contributed by atoms with Crippen LogP contribution in [0, 0.1) is 5.92 Å². The number of hydrazine groups is 1. The summed E-state index contributed by atoms with van der Waals surface area (Å²) in [5.74, 6) is 5.80. The minimum Gasteiger partial charge on any atom is -0.380 e. The van der Waals surface area contributed by atoms with Gasteiger partial charge in [0.05, 0.1) is 6.61 Å². The highest BCUT2D eigenvalue weighted by Crippen LogP contribution is 2.07. The van der Waals surface area contributed by atoms with Crippen molar-refractivity contribution in [1.82, 2.24) is 5.32 Å². The lowest BCUT2D eigenvalue weighted by atomic mass is 10.1. The Labute approximate surface area is 114 Å². The van der Waals surface area contributed by atoms with E-state index in [-0.39, 0.29) is 5.91 Å². The molecular formula is C14H23N3O2. The van der Waals surface area contributed by atoms with Crippen LogP contribution in [0.4, 0.5) is 5.69 Å². The summed E-state index contributed by atoms with van der Waals surface area (Å²) >= 11 is 0. The van der Waals surface area contributed by atoms with E-state index >= 15 is 0 Å². The van der Waals surface area contributed by atoms with Crippen LogP contribution in [0.25, 0.3) is 0 Å². The second-order valence-corrected chi connectivity index (χ2v) is 4.77. The molecule has 0 bridgehead atoms. The van der Waals surface area contributed by atoms with Gasteiger partial charge in [-0.15, -0.1) is 0 Å². The Bertz CT molecular complexity index is 377. The predicted molar refractivity (Wildman–Crippen MR) is 76.9 cm³/mol. The third kappa shape index (κ3) is 6.22. The first-order chi connectivity index (χ1) is 9.13. The number of hydrogen-bond donors (Lipinski definition) is 3. The molecule has 1 aromatic rings. The van der Waals surface area contributed by atoms with Gasteiger partial charge in [-0.05, 0) is 36.6 Å². The summed E-state index contributed by atoms with van der Waals surface area (Å²) in [4.78, 5) is 11.8. The molecule has 0 unspecified atom stereocenters. The van der Waals surface area contributed by atoms with Crippen LogP contribution in [0.5, 0.6) is 0 Å². The molecule has 1 amide bonds. The Balaban J connectivity index is 2.20. The van der Waals surface area contributed by atoms with Crippen molar-refractivity contribution in [3.63, 3.8) is 0 Å². The lowest BCUT2D eigenvalue weighted by Crippen LogP contribution is -2.27. The molecule has 0 saturated carbocycles. The van der Waals surface area contributed by atoms with Gasteiger partial charge in [0.1, 0.15) is 0 Å². The van der Waals surface area contributed by atoms with Gasteiger partial charge in [-0.1, -0.05) is 13.8 Å². The molecule has 4 N–H and O–H groups in total. The topological polar surface area (TPSA) is 76.4 Å². The summed E-state index contributed by atoms with van der Waals surface area (Å²) < 4.78 is 5.43. The Morgan fingerprint density at radius 3 is 2.53 bits per heavy atom. The number of nitrogens with one attached hydrogen (secondary N) is 2. The molecule has 0 fully saturated rings. The van der Waals surface area contributed by atoms with Gasteiger partial charge in [-0.2, -0.15) is 0 Å². The Kier molecular flexibility index (Phi) is 6.92. The van der Waals surface area contributed by atoms with Crippen LogP contribution in [0.1, 0.15) is 30.6 Å². The van der Waals surface area contributed by atoms with E-state index in [1.165, 1.54) is 0 Å². The molecule has 0 saturated heterocycles. The SMILES string of the molecule is CC(C)CCOCCNC(=O)c1ccc(NN)cc1. The molecule has 106 valence electrons. The minimum absolute atomic E-state index is 0.101. The van der Waals surface area contributed by atoms with Crippen molar-refractivity contribution in [1.29, 1.82) is 0 Å². The highest BCUT2D eigenvalue weighted by Gasteiger charge is 2.04. The van der Waals surface area contributed by atoms with E-state index in [9.17, 15) is 4.79 Å². The van der Waals surface area contributed by atoms with E-state index in [0.29, 0.717) is 24.6 Å². The molecule has 5 nitrogen and oxygen atoms in total. The molecule has 19 heavy (non-hydrogen) atoms. The van der Waals surface area contributed by atoms with Gasteiger partial charge in [0.25, 0.3) is 5.91 Å². The smallest absolute Gasteiger partial charge is 0.251 e. The van der Waals surface area contributed by atoms with Crippen molar-refractivity contribution in [3.05, 3.63) is 29.8 Å². The summed E-state index contributed by atoms with van der Waals surface area (Å²) in [5, 5.41) is 2.81. The second-order valence-electron chi connectivity index (χ2n) is 4.77. The molecule has 0 spiro atoms. The fourth-order valence-corrected chi connectivity index (χ4v) is 1.48.